The molecule has 0 aliphatic heterocycles. The van der Waals surface area contributed by atoms with E-state index in [0.29, 0.717) is 4.80 Å². The molecule has 0 bridgehead atoms. The molecule has 1 aromatic carbocycles. The Balaban J connectivity index is 2.11. The van der Waals surface area contributed by atoms with Gasteiger partial charge in [-0.1, -0.05) is 0 Å². The molecule has 8 heteroatoms. The lowest BCUT2D eigenvalue weighted by Gasteiger charge is -2.06. The standard InChI is InChI=1S/C17H16N4O2S2/c1-10-5-6-24-15(10)8-20-21-13(9-25-17(21)19-2)11-3-4-14(22)12(7-11)16(18)23/h3-9,22H,1-2H3,(H2,18,23)/b19-17?,20-8-. The summed E-state index contributed by atoms with van der Waals surface area (Å²) in [7, 11) is 1.70. The summed E-state index contributed by atoms with van der Waals surface area (Å²) in [4.78, 5) is 17.5. The maximum atomic E-state index is 11.5. The summed E-state index contributed by atoms with van der Waals surface area (Å²) in [6, 6.07) is 6.76. The van der Waals surface area contributed by atoms with Crippen molar-refractivity contribution in [3.63, 3.8) is 0 Å². The molecule has 1 amide bonds. The number of thiazole rings is 1. The van der Waals surface area contributed by atoms with Gasteiger partial charge < -0.3 is 10.8 Å². The number of amides is 1. The van der Waals surface area contributed by atoms with Crippen molar-refractivity contribution >= 4 is 34.8 Å². The van der Waals surface area contributed by atoms with E-state index in [9.17, 15) is 9.90 Å². The van der Waals surface area contributed by atoms with E-state index in [2.05, 4.69) is 10.1 Å². The average Bonchev–Trinajstić information content (AvgIpc) is 3.18. The third-order valence-corrected chi connectivity index (χ3v) is 5.49. The van der Waals surface area contributed by atoms with Crippen LogP contribution in [0.3, 0.4) is 0 Å². The van der Waals surface area contributed by atoms with Crippen molar-refractivity contribution in [2.24, 2.45) is 15.8 Å². The molecule has 3 N–H and O–H groups in total. The molecular weight excluding hydrogens is 356 g/mol. The smallest absolute Gasteiger partial charge is 0.252 e. The minimum Gasteiger partial charge on any atom is -0.507 e. The summed E-state index contributed by atoms with van der Waals surface area (Å²) in [5.74, 6) is -0.824. The number of nitrogens with two attached hydrogens (primary N) is 1. The predicted molar refractivity (Wildman–Crippen MR) is 101 cm³/mol. The number of benzene rings is 1. The van der Waals surface area contributed by atoms with Crippen LogP contribution in [0.5, 0.6) is 5.75 Å². The SMILES string of the molecule is CN=c1scc(-c2ccc(O)c(C(N)=O)c2)n1/N=C\c1sccc1C. The zero-order chi connectivity index (χ0) is 18.0. The number of aryl methyl sites for hydroxylation is 1. The van der Waals surface area contributed by atoms with Crippen LogP contribution in [-0.2, 0) is 0 Å². The van der Waals surface area contributed by atoms with E-state index in [1.165, 1.54) is 17.4 Å². The summed E-state index contributed by atoms with van der Waals surface area (Å²) in [5, 5.41) is 18.2. The van der Waals surface area contributed by atoms with Crippen LogP contribution in [0.25, 0.3) is 11.3 Å². The van der Waals surface area contributed by atoms with Gasteiger partial charge in [-0.05, 0) is 42.1 Å². The normalized spacial score (nSPS) is 12.2. The molecule has 0 saturated carbocycles. The third-order valence-electron chi connectivity index (χ3n) is 3.63. The first-order chi connectivity index (χ1) is 12.0. The van der Waals surface area contributed by atoms with Crippen molar-refractivity contribution < 1.29 is 9.90 Å². The van der Waals surface area contributed by atoms with Crippen LogP contribution in [0, 0.1) is 6.92 Å². The van der Waals surface area contributed by atoms with E-state index in [-0.39, 0.29) is 11.3 Å². The van der Waals surface area contributed by atoms with Gasteiger partial charge in [0.25, 0.3) is 5.91 Å². The number of phenols is 1. The average molecular weight is 372 g/mol. The maximum absolute atomic E-state index is 11.5. The number of thiophene rings is 1. The fourth-order valence-electron chi connectivity index (χ4n) is 2.28. The zero-order valence-corrected chi connectivity index (χ0v) is 15.3. The Morgan fingerprint density at radius 3 is 2.76 bits per heavy atom. The predicted octanol–water partition coefficient (Wildman–Crippen LogP) is 2.80. The van der Waals surface area contributed by atoms with E-state index in [4.69, 9.17) is 5.73 Å². The van der Waals surface area contributed by atoms with Crippen LogP contribution in [0.2, 0.25) is 0 Å². The summed E-state index contributed by atoms with van der Waals surface area (Å²) in [6.45, 7) is 2.03. The molecule has 25 heavy (non-hydrogen) atoms. The highest BCUT2D eigenvalue weighted by Crippen LogP contribution is 2.26. The second-order valence-electron chi connectivity index (χ2n) is 5.25. The molecule has 3 aromatic rings. The minimum atomic E-state index is -0.681. The minimum absolute atomic E-state index is 0.0725. The number of hydrogen-bond donors (Lipinski definition) is 2. The van der Waals surface area contributed by atoms with Gasteiger partial charge in [0, 0.05) is 18.0 Å². The first kappa shape index (κ1) is 17.1. The van der Waals surface area contributed by atoms with Gasteiger partial charge in [0.05, 0.1) is 22.3 Å². The number of nitrogens with zero attached hydrogens (tertiary/aromatic N) is 3. The van der Waals surface area contributed by atoms with Crippen molar-refractivity contribution in [2.45, 2.75) is 6.92 Å². The zero-order valence-electron chi connectivity index (χ0n) is 13.6. The first-order valence-corrected chi connectivity index (χ1v) is 9.12. The first-order valence-electron chi connectivity index (χ1n) is 7.36. The lowest BCUT2D eigenvalue weighted by molar-refractivity contribution is 0.0998. The second-order valence-corrected chi connectivity index (χ2v) is 7.03. The fraction of sp³-hybridized carbons (Fsp3) is 0.118. The van der Waals surface area contributed by atoms with Crippen molar-refractivity contribution in [3.8, 4) is 17.0 Å². The highest BCUT2D eigenvalue weighted by atomic mass is 32.1. The van der Waals surface area contributed by atoms with Crippen molar-refractivity contribution in [2.75, 3.05) is 7.05 Å². The van der Waals surface area contributed by atoms with Crippen LogP contribution in [-0.4, -0.2) is 29.0 Å². The van der Waals surface area contributed by atoms with Gasteiger partial charge in [-0.2, -0.15) is 5.10 Å². The van der Waals surface area contributed by atoms with Crippen LogP contribution in [0.4, 0.5) is 0 Å². The van der Waals surface area contributed by atoms with Crippen molar-refractivity contribution in [1.82, 2.24) is 4.68 Å². The number of aromatic nitrogens is 1. The van der Waals surface area contributed by atoms with Gasteiger partial charge in [-0.25, -0.2) is 4.68 Å². The van der Waals surface area contributed by atoms with Crippen molar-refractivity contribution in [3.05, 3.63) is 55.8 Å². The van der Waals surface area contributed by atoms with Crippen LogP contribution in [0.15, 0.2) is 45.1 Å². The summed E-state index contributed by atoms with van der Waals surface area (Å²) in [6.07, 6.45) is 1.79. The highest BCUT2D eigenvalue weighted by Gasteiger charge is 2.13. The Labute approximate surface area is 152 Å². The number of carbonyl (C=O) groups excluding carboxylic acids is 1. The van der Waals surface area contributed by atoms with Gasteiger partial charge >= 0.3 is 0 Å². The third kappa shape index (κ3) is 3.40. The molecule has 0 unspecified atom stereocenters. The molecule has 3 rings (SSSR count). The van der Waals surface area contributed by atoms with Crippen molar-refractivity contribution in [1.29, 1.82) is 0 Å². The Bertz CT molecular complexity index is 1030. The number of primary amides is 1. The largest absolute Gasteiger partial charge is 0.507 e. The Morgan fingerprint density at radius 1 is 1.32 bits per heavy atom. The maximum Gasteiger partial charge on any atom is 0.252 e. The molecule has 2 heterocycles. The lowest BCUT2D eigenvalue weighted by Crippen LogP contribution is -2.13. The number of hydrogen-bond acceptors (Lipinski definition) is 6. The van der Waals surface area contributed by atoms with Crippen LogP contribution >= 0.6 is 22.7 Å². The highest BCUT2D eigenvalue weighted by molar-refractivity contribution is 7.11. The Morgan fingerprint density at radius 2 is 2.12 bits per heavy atom. The van der Waals surface area contributed by atoms with E-state index in [0.717, 1.165) is 21.7 Å². The van der Waals surface area contributed by atoms with Gasteiger partial charge in [0.2, 0.25) is 4.80 Å². The lowest BCUT2D eigenvalue weighted by atomic mass is 10.1. The summed E-state index contributed by atoms with van der Waals surface area (Å²) in [5.41, 5.74) is 8.03. The molecule has 0 aliphatic carbocycles. The monoisotopic (exact) mass is 372 g/mol. The number of carbonyl (C=O) groups is 1. The van der Waals surface area contributed by atoms with Gasteiger partial charge in [-0.3, -0.25) is 9.79 Å². The molecule has 2 aromatic heterocycles. The van der Waals surface area contributed by atoms with Gasteiger partial charge in [0.1, 0.15) is 5.75 Å². The molecule has 0 spiro atoms. The van der Waals surface area contributed by atoms with E-state index < -0.39 is 5.91 Å². The topological polar surface area (TPSA) is 93.0 Å². The molecular formula is C17H16N4O2S2. The molecule has 0 aliphatic rings. The summed E-state index contributed by atoms with van der Waals surface area (Å²) < 4.78 is 1.71. The molecule has 128 valence electrons. The number of aromatic hydroxyl groups is 1. The van der Waals surface area contributed by atoms with Crippen LogP contribution < -0.4 is 10.5 Å². The van der Waals surface area contributed by atoms with E-state index in [1.54, 1.807) is 41.4 Å². The Hall–Kier alpha value is -2.71. The Kier molecular flexibility index (Phi) is 4.82. The molecule has 0 radical (unpaired) electrons. The van der Waals surface area contributed by atoms with Gasteiger partial charge in [0.15, 0.2) is 0 Å². The molecule has 0 atom stereocenters. The van der Waals surface area contributed by atoms with E-state index >= 15 is 0 Å². The molecule has 6 nitrogen and oxygen atoms in total. The number of rotatable bonds is 4. The fourth-order valence-corrected chi connectivity index (χ4v) is 3.86. The molecule has 0 fully saturated rings. The van der Waals surface area contributed by atoms with Gasteiger partial charge in [-0.15, -0.1) is 22.7 Å². The molecule has 0 saturated heterocycles. The van der Waals surface area contributed by atoms with E-state index in [1.807, 2.05) is 23.8 Å². The quantitative estimate of drug-likeness (QED) is 0.689. The second kappa shape index (κ2) is 7.04. The summed E-state index contributed by atoms with van der Waals surface area (Å²) >= 11 is 3.05. The van der Waals surface area contributed by atoms with Crippen LogP contribution in [0.1, 0.15) is 20.8 Å².